The normalized spacial score (nSPS) is 13.5. The molecule has 1 aromatic carbocycles. The molecule has 0 fully saturated rings. The fourth-order valence-corrected chi connectivity index (χ4v) is 2.55. The van der Waals surface area contributed by atoms with E-state index in [0.717, 1.165) is 16.1 Å². The smallest absolute Gasteiger partial charge is 0.305 e. The zero-order valence-electron chi connectivity index (χ0n) is 15.2. The van der Waals surface area contributed by atoms with Crippen LogP contribution in [-0.4, -0.2) is 49.6 Å². The second kappa shape index (κ2) is 7.97. The SMILES string of the molecule is CN(CC(=O)NC(CC(=O)O)c1ccc(C(C)(C)C)cc1)S(C)(=O)=O. The Labute approximate surface area is 149 Å². The van der Waals surface area contributed by atoms with E-state index in [9.17, 15) is 18.0 Å². The first kappa shape index (κ1) is 21.1. The molecule has 1 amide bonds. The Hall–Kier alpha value is -1.93. The summed E-state index contributed by atoms with van der Waals surface area (Å²) in [5.74, 6) is -1.61. The van der Waals surface area contributed by atoms with Gasteiger partial charge in [0.05, 0.1) is 25.3 Å². The summed E-state index contributed by atoms with van der Waals surface area (Å²) >= 11 is 0. The van der Waals surface area contributed by atoms with E-state index in [1.807, 2.05) is 12.1 Å². The molecule has 0 aliphatic carbocycles. The van der Waals surface area contributed by atoms with E-state index in [1.54, 1.807) is 12.1 Å². The van der Waals surface area contributed by atoms with Crippen molar-refractivity contribution in [2.45, 2.75) is 38.6 Å². The molecule has 0 aliphatic heterocycles. The van der Waals surface area contributed by atoms with Gasteiger partial charge in [-0.2, -0.15) is 4.31 Å². The van der Waals surface area contributed by atoms with Gasteiger partial charge < -0.3 is 10.4 Å². The fourth-order valence-electron chi connectivity index (χ4n) is 2.20. The number of aliphatic carboxylic acids is 1. The van der Waals surface area contributed by atoms with Gasteiger partial charge in [0.25, 0.3) is 0 Å². The van der Waals surface area contributed by atoms with Crippen molar-refractivity contribution in [3.05, 3.63) is 35.4 Å². The van der Waals surface area contributed by atoms with E-state index in [4.69, 9.17) is 5.11 Å². The molecule has 1 atom stereocenters. The molecule has 7 nitrogen and oxygen atoms in total. The molecule has 1 rings (SSSR count). The topological polar surface area (TPSA) is 104 Å². The Balaban J connectivity index is 2.94. The number of likely N-dealkylation sites (N-methyl/N-ethyl adjacent to an activating group) is 1. The van der Waals surface area contributed by atoms with Crippen molar-refractivity contribution in [2.75, 3.05) is 19.8 Å². The van der Waals surface area contributed by atoms with E-state index in [2.05, 4.69) is 26.1 Å². The van der Waals surface area contributed by atoms with E-state index >= 15 is 0 Å². The van der Waals surface area contributed by atoms with Crippen molar-refractivity contribution in [1.82, 2.24) is 9.62 Å². The number of rotatable bonds is 7. The number of nitrogens with one attached hydrogen (secondary N) is 1. The maximum Gasteiger partial charge on any atom is 0.305 e. The lowest BCUT2D eigenvalue weighted by molar-refractivity contribution is -0.137. The van der Waals surface area contributed by atoms with Crippen LogP contribution >= 0.6 is 0 Å². The molecule has 0 heterocycles. The minimum Gasteiger partial charge on any atom is -0.481 e. The average molecular weight is 370 g/mol. The van der Waals surface area contributed by atoms with Gasteiger partial charge in [0.1, 0.15) is 0 Å². The molecule has 0 aliphatic rings. The highest BCUT2D eigenvalue weighted by atomic mass is 32.2. The molecule has 0 saturated heterocycles. The van der Waals surface area contributed by atoms with Gasteiger partial charge in [-0.25, -0.2) is 8.42 Å². The third kappa shape index (κ3) is 6.83. The molecule has 1 aromatic rings. The Morgan fingerprint density at radius 1 is 1.20 bits per heavy atom. The Bertz CT molecular complexity index is 720. The zero-order valence-corrected chi connectivity index (χ0v) is 16.1. The lowest BCUT2D eigenvalue weighted by Gasteiger charge is -2.22. The molecule has 0 aromatic heterocycles. The zero-order chi connectivity index (χ0) is 19.4. The summed E-state index contributed by atoms with van der Waals surface area (Å²) in [4.78, 5) is 23.2. The molecule has 0 spiro atoms. The van der Waals surface area contributed by atoms with Crippen LogP contribution in [0.2, 0.25) is 0 Å². The third-order valence-electron chi connectivity index (χ3n) is 3.83. The number of hydrogen-bond donors (Lipinski definition) is 2. The van der Waals surface area contributed by atoms with Crippen molar-refractivity contribution >= 4 is 21.9 Å². The minimum atomic E-state index is -3.49. The van der Waals surface area contributed by atoms with Crippen molar-refractivity contribution in [3.8, 4) is 0 Å². The summed E-state index contributed by atoms with van der Waals surface area (Å²) in [6.07, 6.45) is 0.712. The second-order valence-corrected chi connectivity index (χ2v) is 9.20. The van der Waals surface area contributed by atoms with Gasteiger partial charge in [0.2, 0.25) is 15.9 Å². The molecule has 8 heteroatoms. The number of amides is 1. The largest absolute Gasteiger partial charge is 0.481 e. The predicted molar refractivity (Wildman–Crippen MR) is 95.8 cm³/mol. The van der Waals surface area contributed by atoms with Crippen LogP contribution in [-0.2, 0) is 25.0 Å². The highest BCUT2D eigenvalue weighted by Gasteiger charge is 2.22. The Morgan fingerprint density at radius 2 is 1.72 bits per heavy atom. The summed E-state index contributed by atoms with van der Waals surface area (Å²) in [5.41, 5.74) is 1.71. The number of carbonyl (C=O) groups is 2. The number of carbonyl (C=O) groups excluding carboxylic acids is 1. The van der Waals surface area contributed by atoms with Gasteiger partial charge in [0, 0.05) is 7.05 Å². The van der Waals surface area contributed by atoms with Crippen molar-refractivity contribution < 1.29 is 23.1 Å². The molecule has 25 heavy (non-hydrogen) atoms. The molecule has 2 N–H and O–H groups in total. The fraction of sp³-hybridized carbons (Fsp3) is 0.529. The maximum atomic E-state index is 12.1. The van der Waals surface area contributed by atoms with E-state index in [-0.39, 0.29) is 18.4 Å². The van der Waals surface area contributed by atoms with Gasteiger partial charge in [-0.1, -0.05) is 45.0 Å². The van der Waals surface area contributed by atoms with Crippen LogP contribution in [0.1, 0.15) is 44.4 Å². The molecule has 1 unspecified atom stereocenters. The highest BCUT2D eigenvalue weighted by Crippen LogP contribution is 2.25. The monoisotopic (exact) mass is 370 g/mol. The van der Waals surface area contributed by atoms with Crippen molar-refractivity contribution in [3.63, 3.8) is 0 Å². The summed E-state index contributed by atoms with van der Waals surface area (Å²) in [6.45, 7) is 5.84. The van der Waals surface area contributed by atoms with Gasteiger partial charge in [-0.3, -0.25) is 9.59 Å². The van der Waals surface area contributed by atoms with Crippen molar-refractivity contribution in [2.24, 2.45) is 0 Å². The summed E-state index contributed by atoms with van der Waals surface area (Å²) in [7, 11) is -2.20. The molecular formula is C17H26N2O5S. The summed E-state index contributed by atoms with van der Waals surface area (Å²) in [5, 5.41) is 11.7. The van der Waals surface area contributed by atoms with Crippen LogP contribution in [0.15, 0.2) is 24.3 Å². The standard InChI is InChI=1S/C17H26N2O5S/c1-17(2,3)13-8-6-12(7-9-13)14(10-16(21)22)18-15(20)11-19(4)25(5,23)24/h6-9,14H,10-11H2,1-5H3,(H,18,20)(H,21,22). The number of sulfonamides is 1. The van der Waals surface area contributed by atoms with Gasteiger partial charge in [0.15, 0.2) is 0 Å². The van der Waals surface area contributed by atoms with E-state index in [0.29, 0.717) is 5.56 Å². The average Bonchev–Trinajstić information content (AvgIpc) is 2.44. The quantitative estimate of drug-likeness (QED) is 0.757. The van der Waals surface area contributed by atoms with Crippen molar-refractivity contribution in [1.29, 1.82) is 0 Å². The lowest BCUT2D eigenvalue weighted by Crippen LogP contribution is -2.40. The molecule has 0 radical (unpaired) electrons. The molecule has 0 bridgehead atoms. The number of hydrogen-bond acceptors (Lipinski definition) is 4. The first-order valence-corrected chi connectivity index (χ1v) is 9.68. The molecular weight excluding hydrogens is 344 g/mol. The minimum absolute atomic E-state index is 0.0394. The summed E-state index contributed by atoms with van der Waals surface area (Å²) in [6, 6.07) is 6.65. The highest BCUT2D eigenvalue weighted by molar-refractivity contribution is 7.88. The number of benzene rings is 1. The lowest BCUT2D eigenvalue weighted by atomic mass is 9.86. The second-order valence-electron chi connectivity index (χ2n) is 7.11. The molecule has 140 valence electrons. The van der Waals surface area contributed by atoms with Crippen LogP contribution in [0.3, 0.4) is 0 Å². The predicted octanol–water partition coefficient (Wildman–Crippen LogP) is 1.51. The van der Waals surface area contributed by atoms with E-state index in [1.165, 1.54) is 7.05 Å². The van der Waals surface area contributed by atoms with E-state index < -0.39 is 27.9 Å². The van der Waals surface area contributed by atoms with Crippen LogP contribution in [0.25, 0.3) is 0 Å². The van der Waals surface area contributed by atoms with Crippen LogP contribution in [0.4, 0.5) is 0 Å². The summed E-state index contributed by atoms with van der Waals surface area (Å²) < 4.78 is 23.7. The van der Waals surface area contributed by atoms with Gasteiger partial charge >= 0.3 is 5.97 Å². The van der Waals surface area contributed by atoms with Crippen LogP contribution < -0.4 is 5.32 Å². The Kier molecular flexibility index (Phi) is 6.73. The third-order valence-corrected chi connectivity index (χ3v) is 5.09. The van der Waals surface area contributed by atoms with Crippen LogP contribution in [0.5, 0.6) is 0 Å². The number of carboxylic acid groups (broad SMARTS) is 1. The first-order chi connectivity index (χ1) is 11.3. The number of carboxylic acids is 1. The molecule has 0 saturated carbocycles. The van der Waals surface area contributed by atoms with Crippen LogP contribution in [0, 0.1) is 0 Å². The Morgan fingerprint density at radius 3 is 2.12 bits per heavy atom. The first-order valence-electron chi connectivity index (χ1n) is 7.83. The van der Waals surface area contributed by atoms with Gasteiger partial charge in [-0.05, 0) is 16.5 Å². The van der Waals surface area contributed by atoms with Gasteiger partial charge in [-0.15, -0.1) is 0 Å². The number of nitrogens with zero attached hydrogens (tertiary/aromatic N) is 1. The maximum absolute atomic E-state index is 12.1.